The second-order valence-corrected chi connectivity index (χ2v) is 6.06. The van der Waals surface area contributed by atoms with E-state index in [2.05, 4.69) is 16.3 Å². The molecule has 0 aromatic heterocycles. The number of nitrogens with one attached hydrogen (secondary N) is 3. The van der Waals surface area contributed by atoms with Crippen molar-refractivity contribution in [2.75, 3.05) is 12.0 Å². The van der Waals surface area contributed by atoms with Gasteiger partial charge in [0, 0.05) is 10.9 Å². The average molecular weight is 360 g/mol. The van der Waals surface area contributed by atoms with Crippen LogP contribution in [-0.2, 0) is 4.79 Å². The lowest BCUT2D eigenvalue weighted by Crippen LogP contribution is -2.43. The Morgan fingerprint density at radius 3 is 2.59 bits per heavy atom. The number of carbonyl (C=O) groups excluding carboxylic acids is 1. The first kappa shape index (κ1) is 16.9. The highest BCUT2D eigenvalue weighted by molar-refractivity contribution is 6.00. The molecule has 6 nitrogen and oxygen atoms in total. The number of anilines is 1. The molecule has 1 heterocycles. The number of nitrogens with zero attached hydrogens (tertiary/aromatic N) is 1. The van der Waals surface area contributed by atoms with Crippen molar-refractivity contribution in [2.45, 2.75) is 6.92 Å². The van der Waals surface area contributed by atoms with E-state index < -0.39 is 0 Å². The van der Waals surface area contributed by atoms with Crippen molar-refractivity contribution < 1.29 is 9.53 Å². The maximum absolute atomic E-state index is 12.3. The summed E-state index contributed by atoms with van der Waals surface area (Å²) in [5, 5.41) is 3.55. The summed E-state index contributed by atoms with van der Waals surface area (Å²) >= 11 is 0. The molecule has 1 saturated heterocycles. The van der Waals surface area contributed by atoms with Crippen LogP contribution in [0.1, 0.15) is 12.5 Å². The fourth-order valence-corrected chi connectivity index (χ4v) is 2.99. The lowest BCUT2D eigenvalue weighted by molar-refractivity contribution is -0.118. The van der Waals surface area contributed by atoms with E-state index in [1.165, 1.54) is 5.23 Å². The molecule has 0 saturated carbocycles. The summed E-state index contributed by atoms with van der Waals surface area (Å²) < 4.78 is 5.89. The zero-order valence-corrected chi connectivity index (χ0v) is 14.9. The van der Waals surface area contributed by atoms with Gasteiger partial charge < -0.3 is 4.74 Å². The number of carbonyl (C=O) groups is 1. The maximum Gasteiger partial charge on any atom is 0.286 e. The van der Waals surface area contributed by atoms with Crippen LogP contribution in [0.15, 0.2) is 72.4 Å². The zero-order valence-electron chi connectivity index (χ0n) is 14.9. The number of hydrogen-bond acceptors (Lipinski definition) is 5. The molecule has 1 aliphatic rings. The Kier molecular flexibility index (Phi) is 4.63. The predicted molar refractivity (Wildman–Crippen MR) is 106 cm³/mol. The first-order valence-corrected chi connectivity index (χ1v) is 8.80. The molecule has 0 spiro atoms. The molecule has 4 rings (SSSR count). The minimum atomic E-state index is -0.228. The molecule has 27 heavy (non-hydrogen) atoms. The molecule has 1 aliphatic heterocycles. The first-order valence-electron chi connectivity index (χ1n) is 8.80. The Morgan fingerprint density at radius 2 is 1.78 bits per heavy atom. The minimum Gasteiger partial charge on any atom is -0.493 e. The lowest BCUT2D eigenvalue weighted by atomic mass is 10.0. The molecule has 3 aromatic carbocycles. The van der Waals surface area contributed by atoms with Crippen molar-refractivity contribution >= 4 is 28.4 Å². The summed E-state index contributed by atoms with van der Waals surface area (Å²) in [6.45, 7) is 2.50. The van der Waals surface area contributed by atoms with Crippen molar-refractivity contribution in [3.05, 3.63) is 78.0 Å². The van der Waals surface area contributed by atoms with E-state index in [4.69, 9.17) is 4.74 Å². The smallest absolute Gasteiger partial charge is 0.286 e. The van der Waals surface area contributed by atoms with Gasteiger partial charge in [-0.05, 0) is 35.7 Å². The summed E-state index contributed by atoms with van der Waals surface area (Å²) in [6, 6.07) is 21.6. The van der Waals surface area contributed by atoms with E-state index in [0.29, 0.717) is 12.3 Å². The molecule has 0 aliphatic carbocycles. The Balaban J connectivity index is 1.63. The number of amides is 1. The van der Waals surface area contributed by atoms with E-state index in [-0.39, 0.29) is 5.91 Å². The van der Waals surface area contributed by atoms with Crippen LogP contribution in [0, 0.1) is 0 Å². The standard InChI is InChI=1S/C21H20N4O2/c1-2-27-20-16(13-12-15-8-6-7-11-18(15)20)14-19-21(26)24-25(23-19)22-17-9-4-3-5-10-17/h3-14,22-23H,2H2,1H3,(H,24,26)/b19-14+. The molecular weight excluding hydrogens is 340 g/mol. The van der Waals surface area contributed by atoms with E-state index >= 15 is 0 Å². The Labute approximate surface area is 157 Å². The Hall–Kier alpha value is -3.51. The monoisotopic (exact) mass is 360 g/mol. The topological polar surface area (TPSA) is 65.6 Å². The van der Waals surface area contributed by atoms with Gasteiger partial charge in [0.2, 0.25) is 0 Å². The molecule has 0 atom stereocenters. The zero-order chi connectivity index (χ0) is 18.6. The number of rotatable bonds is 5. The third-order valence-electron chi connectivity index (χ3n) is 4.20. The Morgan fingerprint density at radius 1 is 1.00 bits per heavy atom. The van der Waals surface area contributed by atoms with Gasteiger partial charge in [0.15, 0.2) is 0 Å². The molecule has 1 fully saturated rings. The van der Waals surface area contributed by atoms with Crippen LogP contribution < -0.4 is 21.0 Å². The number of benzene rings is 3. The molecule has 0 bridgehead atoms. The summed E-state index contributed by atoms with van der Waals surface area (Å²) in [6.07, 6.45) is 1.79. The molecular formula is C21H20N4O2. The van der Waals surface area contributed by atoms with Crippen molar-refractivity contribution in [3.8, 4) is 5.75 Å². The maximum atomic E-state index is 12.3. The van der Waals surface area contributed by atoms with Crippen LogP contribution in [0.4, 0.5) is 5.69 Å². The van der Waals surface area contributed by atoms with Gasteiger partial charge in [-0.1, -0.05) is 54.6 Å². The first-order chi connectivity index (χ1) is 13.2. The fraction of sp³-hybridized carbons (Fsp3) is 0.0952. The van der Waals surface area contributed by atoms with Gasteiger partial charge in [0.05, 0.1) is 12.3 Å². The summed E-state index contributed by atoms with van der Waals surface area (Å²) in [4.78, 5) is 12.3. The van der Waals surface area contributed by atoms with Crippen LogP contribution in [0.3, 0.4) is 0 Å². The van der Waals surface area contributed by atoms with Gasteiger partial charge in [0.1, 0.15) is 11.4 Å². The largest absolute Gasteiger partial charge is 0.493 e. The van der Waals surface area contributed by atoms with Crippen molar-refractivity contribution in [2.24, 2.45) is 0 Å². The van der Waals surface area contributed by atoms with E-state index in [1.807, 2.05) is 73.7 Å². The van der Waals surface area contributed by atoms with Crippen LogP contribution in [0.5, 0.6) is 5.75 Å². The average Bonchev–Trinajstić information content (AvgIpc) is 3.03. The van der Waals surface area contributed by atoms with Gasteiger partial charge in [-0.3, -0.25) is 15.6 Å². The molecule has 3 N–H and O–H groups in total. The third kappa shape index (κ3) is 3.56. The quantitative estimate of drug-likeness (QED) is 0.608. The highest BCUT2D eigenvalue weighted by atomic mass is 16.5. The van der Waals surface area contributed by atoms with Crippen molar-refractivity contribution in [1.82, 2.24) is 16.1 Å². The van der Waals surface area contributed by atoms with Gasteiger partial charge in [-0.2, -0.15) is 0 Å². The summed E-state index contributed by atoms with van der Waals surface area (Å²) in [5.41, 5.74) is 10.9. The van der Waals surface area contributed by atoms with Gasteiger partial charge in [0.25, 0.3) is 5.91 Å². The van der Waals surface area contributed by atoms with E-state index in [1.54, 1.807) is 6.08 Å². The second-order valence-electron chi connectivity index (χ2n) is 6.06. The lowest BCUT2D eigenvalue weighted by Gasteiger charge is -2.17. The number of fused-ring (bicyclic) bond motifs is 1. The fourth-order valence-electron chi connectivity index (χ4n) is 2.99. The van der Waals surface area contributed by atoms with Gasteiger partial charge in [-0.25, -0.2) is 5.43 Å². The minimum absolute atomic E-state index is 0.228. The van der Waals surface area contributed by atoms with E-state index in [0.717, 1.165) is 27.8 Å². The third-order valence-corrected chi connectivity index (χ3v) is 4.20. The Bertz CT molecular complexity index is 1000. The van der Waals surface area contributed by atoms with Crippen LogP contribution in [-0.4, -0.2) is 17.7 Å². The number of hydrogen-bond donors (Lipinski definition) is 3. The molecule has 0 radical (unpaired) electrons. The number of hydrazine groups is 3. The van der Waals surface area contributed by atoms with Crippen LogP contribution in [0.2, 0.25) is 0 Å². The molecule has 0 unspecified atom stereocenters. The van der Waals surface area contributed by atoms with Crippen molar-refractivity contribution in [3.63, 3.8) is 0 Å². The number of ether oxygens (including phenoxy) is 1. The van der Waals surface area contributed by atoms with Gasteiger partial charge >= 0.3 is 0 Å². The summed E-state index contributed by atoms with van der Waals surface area (Å²) in [5.74, 6) is 0.543. The van der Waals surface area contributed by atoms with E-state index in [9.17, 15) is 4.79 Å². The normalized spacial score (nSPS) is 15.6. The van der Waals surface area contributed by atoms with Crippen LogP contribution in [0.25, 0.3) is 16.8 Å². The van der Waals surface area contributed by atoms with Gasteiger partial charge in [-0.15, -0.1) is 0 Å². The molecule has 136 valence electrons. The second kappa shape index (κ2) is 7.39. The predicted octanol–water partition coefficient (Wildman–Crippen LogP) is 3.46. The van der Waals surface area contributed by atoms with Crippen molar-refractivity contribution in [1.29, 1.82) is 0 Å². The molecule has 3 aromatic rings. The SMILES string of the molecule is CCOc1c(/C=C2/NN(Nc3ccccc3)NC2=O)ccc2ccccc12. The highest BCUT2D eigenvalue weighted by Crippen LogP contribution is 2.31. The molecule has 6 heteroatoms. The molecule has 1 amide bonds. The summed E-state index contributed by atoms with van der Waals surface area (Å²) in [7, 11) is 0. The van der Waals surface area contributed by atoms with Crippen LogP contribution >= 0.6 is 0 Å². The number of para-hydroxylation sites is 1. The highest BCUT2D eigenvalue weighted by Gasteiger charge is 2.24.